The summed E-state index contributed by atoms with van der Waals surface area (Å²) in [4.78, 5) is 12.2. The highest BCUT2D eigenvalue weighted by molar-refractivity contribution is 7.53. The largest absolute Gasteiger partial charge is 0.481 e. The number of benzene rings is 1. The highest BCUT2D eigenvalue weighted by atomic mass is 31.2. The van der Waals surface area contributed by atoms with Crippen molar-refractivity contribution < 1.29 is 27.7 Å². The summed E-state index contributed by atoms with van der Waals surface area (Å²) in [6.45, 7) is 7.49. The van der Waals surface area contributed by atoms with E-state index in [0.29, 0.717) is 22.8 Å². The number of aromatic nitrogens is 1. The van der Waals surface area contributed by atoms with Gasteiger partial charge >= 0.3 is 7.60 Å². The number of ether oxygens (including phenoxy) is 1. The van der Waals surface area contributed by atoms with E-state index >= 15 is 0 Å². The molecule has 0 aliphatic heterocycles. The van der Waals surface area contributed by atoms with E-state index in [1.54, 1.807) is 39.0 Å². The van der Waals surface area contributed by atoms with E-state index in [-0.39, 0.29) is 25.5 Å². The second kappa shape index (κ2) is 8.98. The fourth-order valence-corrected chi connectivity index (χ4v) is 3.51. The predicted molar refractivity (Wildman–Crippen MR) is 96.7 cm³/mol. The number of nitrogens with one attached hydrogen (secondary N) is 1. The number of carbonyl (C=O) groups is 1. The Morgan fingerprint density at radius 3 is 2.50 bits per heavy atom. The molecule has 0 bridgehead atoms. The number of carbonyl (C=O) groups excluding carboxylic acids is 1. The van der Waals surface area contributed by atoms with E-state index in [1.807, 2.05) is 6.92 Å². The summed E-state index contributed by atoms with van der Waals surface area (Å²) in [7, 11) is -3.32. The number of aryl methyl sites for hydroxylation is 2. The van der Waals surface area contributed by atoms with Crippen LogP contribution < -0.4 is 10.1 Å². The first-order chi connectivity index (χ1) is 12.4. The molecule has 0 saturated heterocycles. The zero-order valence-corrected chi connectivity index (χ0v) is 16.2. The Morgan fingerprint density at radius 2 is 1.92 bits per heavy atom. The molecule has 2 rings (SSSR count). The number of hydrogen-bond donors (Lipinski definition) is 1. The van der Waals surface area contributed by atoms with Crippen LogP contribution in [0.25, 0.3) is 0 Å². The van der Waals surface area contributed by atoms with E-state index < -0.39 is 7.60 Å². The van der Waals surface area contributed by atoms with E-state index in [2.05, 4.69) is 10.5 Å². The van der Waals surface area contributed by atoms with Crippen molar-refractivity contribution in [2.75, 3.05) is 24.9 Å². The van der Waals surface area contributed by atoms with Crippen LogP contribution in [0.15, 0.2) is 28.9 Å². The van der Waals surface area contributed by atoms with Crippen molar-refractivity contribution in [3.8, 4) is 5.75 Å². The zero-order chi connectivity index (χ0) is 19.2. The van der Waals surface area contributed by atoms with E-state index in [4.69, 9.17) is 18.3 Å². The van der Waals surface area contributed by atoms with Crippen LogP contribution in [0.5, 0.6) is 5.75 Å². The van der Waals surface area contributed by atoms with E-state index in [1.165, 1.54) is 6.20 Å². The SMILES string of the molecule is CCOP(=O)(COc1cc(NC(=O)c2cnoc2C)ccc1C)OCC. The topological polar surface area (TPSA) is 99.9 Å². The van der Waals surface area contributed by atoms with E-state index in [0.717, 1.165) is 5.56 Å². The minimum absolute atomic E-state index is 0.211. The van der Waals surface area contributed by atoms with Crippen LogP contribution in [0.2, 0.25) is 0 Å². The van der Waals surface area contributed by atoms with Gasteiger partial charge in [-0.3, -0.25) is 9.36 Å². The molecule has 2 aromatic rings. The van der Waals surface area contributed by atoms with Crippen LogP contribution in [0.4, 0.5) is 5.69 Å². The summed E-state index contributed by atoms with van der Waals surface area (Å²) < 4.78 is 33.5. The minimum Gasteiger partial charge on any atom is -0.481 e. The van der Waals surface area contributed by atoms with Gasteiger partial charge in [0.2, 0.25) is 0 Å². The molecule has 142 valence electrons. The lowest BCUT2D eigenvalue weighted by Gasteiger charge is -2.18. The highest BCUT2D eigenvalue weighted by Crippen LogP contribution is 2.48. The molecule has 0 atom stereocenters. The number of rotatable bonds is 9. The van der Waals surface area contributed by atoms with Gasteiger partial charge in [0.15, 0.2) is 6.35 Å². The number of amides is 1. The van der Waals surface area contributed by atoms with Gasteiger partial charge in [0.1, 0.15) is 17.1 Å². The predicted octanol–water partition coefficient (Wildman–Crippen LogP) is 4.15. The summed E-state index contributed by atoms with van der Waals surface area (Å²) in [6.07, 6.45) is 1.15. The lowest BCUT2D eigenvalue weighted by Crippen LogP contribution is -2.12. The third-order valence-electron chi connectivity index (χ3n) is 3.47. The van der Waals surface area contributed by atoms with Crippen molar-refractivity contribution in [2.24, 2.45) is 0 Å². The molecule has 0 saturated carbocycles. The molecule has 0 aliphatic carbocycles. The summed E-state index contributed by atoms with van der Waals surface area (Å²) in [5, 5.41) is 6.34. The molecular weight excluding hydrogens is 359 g/mol. The maximum Gasteiger partial charge on any atom is 0.367 e. The normalized spacial score (nSPS) is 11.4. The van der Waals surface area contributed by atoms with Crippen molar-refractivity contribution in [2.45, 2.75) is 27.7 Å². The standard InChI is InChI=1S/C17H23N2O6P/c1-5-23-26(21,24-6-2)11-22-16-9-14(8-7-12(16)3)19-17(20)15-10-18-25-13(15)4/h7-10H,5-6,11H2,1-4H3,(H,19,20). The van der Waals surface area contributed by atoms with Gasteiger partial charge in [-0.15, -0.1) is 0 Å². The fraction of sp³-hybridized carbons (Fsp3) is 0.412. The Labute approximate surface area is 152 Å². The maximum absolute atomic E-state index is 12.5. The molecule has 9 heteroatoms. The van der Waals surface area contributed by atoms with Crippen LogP contribution in [0.3, 0.4) is 0 Å². The molecule has 0 fully saturated rings. The van der Waals surface area contributed by atoms with Crippen molar-refractivity contribution in [3.63, 3.8) is 0 Å². The Morgan fingerprint density at radius 1 is 1.23 bits per heavy atom. The van der Waals surface area contributed by atoms with Gasteiger partial charge in [0.25, 0.3) is 5.91 Å². The Balaban J connectivity index is 2.10. The number of anilines is 1. The molecule has 0 spiro atoms. The summed E-state index contributed by atoms with van der Waals surface area (Å²) >= 11 is 0. The first-order valence-corrected chi connectivity index (χ1v) is 9.95. The van der Waals surface area contributed by atoms with Crippen LogP contribution in [-0.2, 0) is 13.6 Å². The zero-order valence-electron chi connectivity index (χ0n) is 15.3. The lowest BCUT2D eigenvalue weighted by molar-refractivity contribution is 0.102. The quantitative estimate of drug-likeness (QED) is 0.650. The summed E-state index contributed by atoms with van der Waals surface area (Å²) in [6, 6.07) is 5.18. The maximum atomic E-state index is 12.5. The van der Waals surface area contributed by atoms with Crippen molar-refractivity contribution in [3.05, 3.63) is 41.3 Å². The molecule has 0 radical (unpaired) electrons. The Hall–Kier alpha value is -2.15. The number of hydrogen-bond acceptors (Lipinski definition) is 7. The smallest absolute Gasteiger partial charge is 0.367 e. The molecule has 1 amide bonds. The molecule has 1 heterocycles. The average Bonchev–Trinajstić information content (AvgIpc) is 3.02. The van der Waals surface area contributed by atoms with E-state index in [9.17, 15) is 9.36 Å². The van der Waals surface area contributed by atoms with Gasteiger partial charge in [-0.2, -0.15) is 0 Å². The van der Waals surface area contributed by atoms with Crippen LogP contribution in [-0.4, -0.2) is 30.6 Å². The Bertz CT molecular complexity index is 794. The fourth-order valence-electron chi connectivity index (χ4n) is 2.20. The highest BCUT2D eigenvalue weighted by Gasteiger charge is 2.25. The summed E-state index contributed by atoms with van der Waals surface area (Å²) in [5.41, 5.74) is 1.70. The molecular formula is C17H23N2O6P. The van der Waals surface area contributed by atoms with Gasteiger partial charge < -0.3 is 23.6 Å². The van der Waals surface area contributed by atoms with Gasteiger partial charge in [0.05, 0.1) is 19.4 Å². The molecule has 1 aromatic carbocycles. The van der Waals surface area contributed by atoms with Crippen molar-refractivity contribution in [1.82, 2.24) is 5.16 Å². The second-order valence-electron chi connectivity index (χ2n) is 5.45. The molecule has 0 aliphatic rings. The van der Waals surface area contributed by atoms with Crippen LogP contribution in [0, 0.1) is 13.8 Å². The Kier molecular flexibility index (Phi) is 6.97. The van der Waals surface area contributed by atoms with Crippen LogP contribution >= 0.6 is 7.60 Å². The monoisotopic (exact) mass is 382 g/mol. The third-order valence-corrected chi connectivity index (χ3v) is 5.22. The molecule has 1 N–H and O–H groups in total. The minimum atomic E-state index is -3.32. The van der Waals surface area contributed by atoms with Gasteiger partial charge in [0, 0.05) is 11.8 Å². The third kappa shape index (κ3) is 5.17. The average molecular weight is 382 g/mol. The first kappa shape index (κ1) is 20.2. The van der Waals surface area contributed by atoms with Crippen molar-refractivity contribution in [1.29, 1.82) is 0 Å². The van der Waals surface area contributed by atoms with Gasteiger partial charge in [-0.05, 0) is 39.3 Å². The lowest BCUT2D eigenvalue weighted by atomic mass is 10.2. The van der Waals surface area contributed by atoms with Crippen LogP contribution in [0.1, 0.15) is 35.5 Å². The number of nitrogens with zero attached hydrogens (tertiary/aromatic N) is 1. The van der Waals surface area contributed by atoms with Gasteiger partial charge in [-0.1, -0.05) is 11.2 Å². The molecule has 26 heavy (non-hydrogen) atoms. The molecule has 8 nitrogen and oxygen atoms in total. The second-order valence-corrected chi connectivity index (χ2v) is 7.45. The summed E-state index contributed by atoms with van der Waals surface area (Å²) in [5.74, 6) is 0.567. The van der Waals surface area contributed by atoms with Crippen molar-refractivity contribution >= 4 is 19.2 Å². The van der Waals surface area contributed by atoms with Gasteiger partial charge in [-0.25, -0.2) is 0 Å². The molecule has 1 aromatic heterocycles. The first-order valence-electron chi connectivity index (χ1n) is 8.22. The molecule has 0 unspecified atom stereocenters.